The zero-order chi connectivity index (χ0) is 32.7. The van der Waals surface area contributed by atoms with E-state index >= 15 is 0 Å². The molecule has 1 aliphatic rings. The quantitative estimate of drug-likeness (QED) is 0.283. The van der Waals surface area contributed by atoms with E-state index in [1.807, 2.05) is 72.8 Å². The highest BCUT2D eigenvalue weighted by molar-refractivity contribution is 5.93. The summed E-state index contributed by atoms with van der Waals surface area (Å²) in [5.74, 6) is -0.924. The second-order valence-electron chi connectivity index (χ2n) is 12.5. The molecule has 10 heteroatoms. The van der Waals surface area contributed by atoms with Crippen molar-refractivity contribution in [2.24, 2.45) is 0 Å². The SMILES string of the molecule is CN(C(=O)[C@@H](Cc1ccccc1)N(C)C(=O)[C@@H](Cc1ccc2ccccc2c1)N(C)C(=O)COCC(C)(C)NC(=O)O)C1CC1. The van der Waals surface area contributed by atoms with Crippen molar-refractivity contribution in [1.82, 2.24) is 20.0 Å². The fourth-order valence-electron chi connectivity index (χ4n) is 5.47. The first-order valence-electron chi connectivity index (χ1n) is 15.3. The first-order chi connectivity index (χ1) is 21.4. The van der Waals surface area contributed by atoms with Crippen LogP contribution in [0.2, 0.25) is 0 Å². The number of nitrogens with one attached hydrogen (secondary N) is 1. The van der Waals surface area contributed by atoms with Gasteiger partial charge in [0, 0.05) is 40.0 Å². The Kier molecular flexibility index (Phi) is 10.8. The lowest BCUT2D eigenvalue weighted by Crippen LogP contribution is -2.56. The summed E-state index contributed by atoms with van der Waals surface area (Å²) in [4.78, 5) is 57.3. The largest absolute Gasteiger partial charge is 0.465 e. The Labute approximate surface area is 264 Å². The van der Waals surface area contributed by atoms with Crippen LogP contribution in [0, 0.1) is 0 Å². The van der Waals surface area contributed by atoms with Crippen LogP contribution in [0.5, 0.6) is 0 Å². The number of carboxylic acid groups (broad SMARTS) is 1. The van der Waals surface area contributed by atoms with Crippen LogP contribution in [0.25, 0.3) is 10.8 Å². The van der Waals surface area contributed by atoms with E-state index in [0.29, 0.717) is 6.42 Å². The fraction of sp³-hybridized carbons (Fsp3) is 0.429. The molecular weight excluding hydrogens is 572 g/mol. The molecule has 1 aliphatic carbocycles. The topological polar surface area (TPSA) is 119 Å². The summed E-state index contributed by atoms with van der Waals surface area (Å²) in [5.41, 5.74) is 0.888. The van der Waals surface area contributed by atoms with Crippen molar-refractivity contribution < 1.29 is 29.0 Å². The standard InChI is InChI=1S/C35H44N4O6/c1-35(2,36-34(43)44)23-45-22-31(40)38(4)29(21-25-15-16-26-13-9-10-14-27(26)19-25)33(42)39(5)30(20-24-11-7-6-8-12-24)32(41)37(3)28-17-18-28/h6-16,19,28-30,36H,17-18,20-23H2,1-5H3,(H,43,44)/t29-,30-/m1/s1. The Morgan fingerprint density at radius 1 is 0.822 bits per heavy atom. The monoisotopic (exact) mass is 616 g/mol. The summed E-state index contributed by atoms with van der Waals surface area (Å²) < 4.78 is 5.61. The number of likely N-dealkylation sites (N-methyl/N-ethyl adjacent to an activating group) is 3. The highest BCUT2D eigenvalue weighted by Crippen LogP contribution is 2.27. The number of nitrogens with zero attached hydrogens (tertiary/aromatic N) is 3. The maximum absolute atomic E-state index is 14.4. The molecule has 1 fully saturated rings. The average Bonchev–Trinajstić information content (AvgIpc) is 3.86. The number of carbonyl (C=O) groups excluding carboxylic acids is 3. The van der Waals surface area contributed by atoms with Gasteiger partial charge in [0.05, 0.1) is 12.1 Å². The van der Waals surface area contributed by atoms with Crippen LogP contribution in [0.15, 0.2) is 72.8 Å². The molecule has 0 unspecified atom stereocenters. The molecule has 0 spiro atoms. The molecule has 0 bridgehead atoms. The molecule has 0 aliphatic heterocycles. The van der Waals surface area contributed by atoms with Gasteiger partial charge in [0.1, 0.15) is 18.7 Å². The summed E-state index contributed by atoms with van der Waals surface area (Å²) in [5, 5.41) is 13.5. The summed E-state index contributed by atoms with van der Waals surface area (Å²) >= 11 is 0. The molecular formula is C35H44N4O6. The third kappa shape index (κ3) is 9.04. The molecule has 240 valence electrons. The highest BCUT2D eigenvalue weighted by atomic mass is 16.5. The van der Waals surface area contributed by atoms with Crippen molar-refractivity contribution in [1.29, 1.82) is 0 Å². The average molecular weight is 617 g/mol. The zero-order valence-corrected chi connectivity index (χ0v) is 26.7. The van der Waals surface area contributed by atoms with Gasteiger partial charge in [-0.25, -0.2) is 4.79 Å². The van der Waals surface area contributed by atoms with Crippen LogP contribution in [0.3, 0.4) is 0 Å². The maximum atomic E-state index is 14.4. The van der Waals surface area contributed by atoms with Gasteiger partial charge >= 0.3 is 6.09 Å². The predicted molar refractivity (Wildman–Crippen MR) is 173 cm³/mol. The third-order valence-corrected chi connectivity index (χ3v) is 8.34. The molecule has 0 aromatic heterocycles. The number of carbonyl (C=O) groups is 4. The molecule has 3 aromatic carbocycles. The molecule has 0 saturated heterocycles. The van der Waals surface area contributed by atoms with Gasteiger partial charge in [0.15, 0.2) is 0 Å². The van der Waals surface area contributed by atoms with E-state index < -0.39 is 29.6 Å². The van der Waals surface area contributed by atoms with Gasteiger partial charge in [-0.05, 0) is 48.6 Å². The Morgan fingerprint density at radius 2 is 1.42 bits per heavy atom. The van der Waals surface area contributed by atoms with E-state index in [-0.39, 0.29) is 37.5 Å². The Morgan fingerprint density at radius 3 is 2.07 bits per heavy atom. The van der Waals surface area contributed by atoms with Crippen molar-refractivity contribution in [3.05, 3.63) is 83.9 Å². The molecule has 4 amide bonds. The van der Waals surface area contributed by atoms with Gasteiger partial charge in [-0.2, -0.15) is 0 Å². The number of fused-ring (bicyclic) bond motifs is 1. The number of benzene rings is 3. The highest BCUT2D eigenvalue weighted by Gasteiger charge is 2.39. The van der Waals surface area contributed by atoms with Crippen LogP contribution in [0.4, 0.5) is 4.79 Å². The number of amides is 4. The molecule has 1 saturated carbocycles. The van der Waals surface area contributed by atoms with Gasteiger partial charge in [-0.15, -0.1) is 0 Å². The minimum Gasteiger partial charge on any atom is -0.465 e. The summed E-state index contributed by atoms with van der Waals surface area (Å²) in [7, 11) is 4.99. The van der Waals surface area contributed by atoms with Crippen molar-refractivity contribution in [3.8, 4) is 0 Å². The molecule has 2 atom stereocenters. The van der Waals surface area contributed by atoms with Crippen LogP contribution in [-0.2, 0) is 32.0 Å². The second-order valence-corrected chi connectivity index (χ2v) is 12.5. The molecule has 3 aromatic rings. The molecule has 45 heavy (non-hydrogen) atoms. The van der Waals surface area contributed by atoms with Crippen molar-refractivity contribution in [2.45, 2.75) is 63.2 Å². The number of ether oxygens (including phenoxy) is 1. The van der Waals surface area contributed by atoms with Gasteiger partial charge in [-0.1, -0.05) is 72.8 Å². The van der Waals surface area contributed by atoms with Gasteiger partial charge < -0.3 is 29.9 Å². The molecule has 10 nitrogen and oxygen atoms in total. The van der Waals surface area contributed by atoms with Crippen molar-refractivity contribution in [3.63, 3.8) is 0 Å². The Bertz CT molecular complexity index is 1510. The summed E-state index contributed by atoms with van der Waals surface area (Å²) in [6.07, 6.45) is 1.27. The van der Waals surface area contributed by atoms with E-state index in [2.05, 4.69) is 5.32 Å². The van der Waals surface area contributed by atoms with E-state index in [4.69, 9.17) is 9.84 Å². The summed E-state index contributed by atoms with van der Waals surface area (Å²) in [6, 6.07) is 22.0. The number of rotatable bonds is 14. The maximum Gasteiger partial charge on any atom is 0.405 e. The van der Waals surface area contributed by atoms with E-state index in [9.17, 15) is 19.2 Å². The second kappa shape index (κ2) is 14.6. The Hall–Kier alpha value is -4.44. The first kappa shape index (κ1) is 33.5. The molecule has 4 rings (SSSR count). The molecule has 0 radical (unpaired) electrons. The lowest BCUT2D eigenvalue weighted by molar-refractivity contribution is -0.151. The summed E-state index contributed by atoms with van der Waals surface area (Å²) in [6.45, 7) is 2.92. The minimum absolute atomic E-state index is 0.0385. The zero-order valence-electron chi connectivity index (χ0n) is 26.7. The fourth-order valence-corrected chi connectivity index (χ4v) is 5.47. The Balaban J connectivity index is 1.60. The number of hydrogen-bond donors (Lipinski definition) is 2. The minimum atomic E-state index is -1.19. The van der Waals surface area contributed by atoms with Gasteiger partial charge in [0.25, 0.3) is 0 Å². The van der Waals surface area contributed by atoms with Crippen LogP contribution in [0.1, 0.15) is 37.8 Å². The molecule has 0 heterocycles. The number of hydrogen-bond acceptors (Lipinski definition) is 5. The van der Waals surface area contributed by atoms with E-state index in [1.165, 1.54) is 9.80 Å². The van der Waals surface area contributed by atoms with Crippen LogP contribution < -0.4 is 5.32 Å². The van der Waals surface area contributed by atoms with E-state index in [1.54, 1.807) is 39.9 Å². The predicted octanol–water partition coefficient (Wildman–Crippen LogP) is 3.96. The lowest BCUT2D eigenvalue weighted by Gasteiger charge is -2.36. The van der Waals surface area contributed by atoms with E-state index in [0.717, 1.165) is 34.7 Å². The van der Waals surface area contributed by atoms with Crippen molar-refractivity contribution in [2.75, 3.05) is 34.4 Å². The van der Waals surface area contributed by atoms with Gasteiger partial charge in [-0.3, -0.25) is 14.4 Å². The van der Waals surface area contributed by atoms with Gasteiger partial charge in [0.2, 0.25) is 17.7 Å². The lowest BCUT2D eigenvalue weighted by atomic mass is 9.98. The normalized spacial score (nSPS) is 14.3. The van der Waals surface area contributed by atoms with Crippen molar-refractivity contribution >= 4 is 34.6 Å². The molecule has 2 N–H and O–H groups in total. The third-order valence-electron chi connectivity index (χ3n) is 8.34. The smallest absolute Gasteiger partial charge is 0.405 e. The van der Waals surface area contributed by atoms with Crippen LogP contribution >= 0.6 is 0 Å². The first-order valence-corrected chi connectivity index (χ1v) is 15.3. The van der Waals surface area contributed by atoms with Crippen LogP contribution in [-0.4, -0.2) is 102 Å².